The van der Waals surface area contributed by atoms with Gasteiger partial charge in [-0.25, -0.2) is 0 Å². The molecule has 0 amide bonds. The summed E-state index contributed by atoms with van der Waals surface area (Å²) in [7, 11) is 2.07. The first-order chi connectivity index (χ1) is 6.33. The van der Waals surface area contributed by atoms with Crippen LogP contribution in [0.2, 0.25) is 0 Å². The lowest BCUT2D eigenvalue weighted by molar-refractivity contribution is 0.0962. The Labute approximate surface area is 77.3 Å². The summed E-state index contributed by atoms with van der Waals surface area (Å²) in [5, 5.41) is 0. The molecule has 2 aliphatic heterocycles. The van der Waals surface area contributed by atoms with Crippen molar-refractivity contribution in [3.63, 3.8) is 0 Å². The lowest BCUT2D eigenvalue weighted by Crippen LogP contribution is -2.26. The second-order valence-corrected chi connectivity index (χ2v) is 3.83. The van der Waals surface area contributed by atoms with Crippen molar-refractivity contribution in [3.8, 4) is 0 Å². The van der Waals surface area contributed by atoms with Crippen LogP contribution in [0.3, 0.4) is 0 Å². The standard InChI is InChI=1S/C10H13NO2/c1-11-5-2-3-8(11)10-4-6-12-7-9(10)13-10/h2-3,5,9H,4,6-7H2,1H3. The fraction of sp³-hybridized carbons (Fsp3) is 0.600. The van der Waals surface area contributed by atoms with Crippen LogP contribution in [0.5, 0.6) is 0 Å². The first-order valence-electron chi connectivity index (χ1n) is 4.70. The SMILES string of the molecule is Cn1cccc1C12CCOCC1O2. The van der Waals surface area contributed by atoms with Crippen LogP contribution in [-0.4, -0.2) is 23.9 Å². The monoisotopic (exact) mass is 179 g/mol. The van der Waals surface area contributed by atoms with Gasteiger partial charge in [0.1, 0.15) is 11.7 Å². The predicted octanol–water partition coefficient (Wildman–Crippen LogP) is 1.04. The predicted molar refractivity (Wildman–Crippen MR) is 47.4 cm³/mol. The van der Waals surface area contributed by atoms with Crippen LogP contribution in [0.4, 0.5) is 0 Å². The van der Waals surface area contributed by atoms with Crippen LogP contribution in [0.15, 0.2) is 18.3 Å². The van der Waals surface area contributed by atoms with Crippen molar-refractivity contribution >= 4 is 0 Å². The molecule has 1 aromatic heterocycles. The lowest BCUT2D eigenvalue weighted by atomic mass is 9.96. The maximum Gasteiger partial charge on any atom is 0.139 e. The quantitative estimate of drug-likeness (QED) is 0.602. The molecule has 13 heavy (non-hydrogen) atoms. The molecule has 0 bridgehead atoms. The number of aromatic nitrogens is 1. The summed E-state index contributed by atoms with van der Waals surface area (Å²) in [4.78, 5) is 0. The van der Waals surface area contributed by atoms with Crippen molar-refractivity contribution in [2.24, 2.45) is 7.05 Å². The Morgan fingerprint density at radius 2 is 2.54 bits per heavy atom. The molecular formula is C10H13NO2. The molecule has 0 radical (unpaired) electrons. The molecule has 2 atom stereocenters. The van der Waals surface area contributed by atoms with Crippen molar-refractivity contribution in [2.45, 2.75) is 18.1 Å². The summed E-state index contributed by atoms with van der Waals surface area (Å²) >= 11 is 0. The molecule has 0 saturated carbocycles. The van der Waals surface area contributed by atoms with Crippen molar-refractivity contribution in [1.29, 1.82) is 0 Å². The number of nitrogens with zero attached hydrogens (tertiary/aromatic N) is 1. The average molecular weight is 179 g/mol. The molecule has 3 nitrogen and oxygen atoms in total. The van der Waals surface area contributed by atoms with Gasteiger partial charge in [-0.1, -0.05) is 0 Å². The van der Waals surface area contributed by atoms with Crippen molar-refractivity contribution in [3.05, 3.63) is 24.0 Å². The van der Waals surface area contributed by atoms with Gasteiger partial charge in [0.25, 0.3) is 0 Å². The molecule has 0 aliphatic carbocycles. The normalized spacial score (nSPS) is 37.2. The molecule has 0 aromatic carbocycles. The first-order valence-corrected chi connectivity index (χ1v) is 4.70. The van der Waals surface area contributed by atoms with Crippen molar-refractivity contribution in [1.82, 2.24) is 4.57 Å². The zero-order valence-corrected chi connectivity index (χ0v) is 7.69. The molecule has 1 aromatic rings. The van der Waals surface area contributed by atoms with E-state index in [1.54, 1.807) is 0 Å². The van der Waals surface area contributed by atoms with Gasteiger partial charge in [0.05, 0.1) is 12.3 Å². The van der Waals surface area contributed by atoms with Gasteiger partial charge in [0.2, 0.25) is 0 Å². The molecule has 3 heteroatoms. The zero-order chi connectivity index (χ0) is 8.89. The van der Waals surface area contributed by atoms with Gasteiger partial charge in [-0.2, -0.15) is 0 Å². The van der Waals surface area contributed by atoms with E-state index in [9.17, 15) is 0 Å². The topological polar surface area (TPSA) is 26.7 Å². The van der Waals surface area contributed by atoms with Crippen LogP contribution in [-0.2, 0) is 22.1 Å². The van der Waals surface area contributed by atoms with Gasteiger partial charge >= 0.3 is 0 Å². The van der Waals surface area contributed by atoms with Gasteiger partial charge < -0.3 is 14.0 Å². The molecule has 0 N–H and O–H groups in total. The average Bonchev–Trinajstić information content (AvgIpc) is 2.74. The highest BCUT2D eigenvalue weighted by molar-refractivity contribution is 5.25. The first kappa shape index (κ1) is 7.59. The molecule has 2 fully saturated rings. The number of ether oxygens (including phenoxy) is 2. The van der Waals surface area contributed by atoms with E-state index in [1.807, 2.05) is 0 Å². The van der Waals surface area contributed by atoms with Gasteiger partial charge in [-0.05, 0) is 12.1 Å². The Kier molecular flexibility index (Phi) is 1.38. The van der Waals surface area contributed by atoms with Crippen LogP contribution in [0.1, 0.15) is 12.1 Å². The van der Waals surface area contributed by atoms with Crippen LogP contribution in [0, 0.1) is 0 Å². The highest BCUT2D eigenvalue weighted by Crippen LogP contribution is 2.51. The molecule has 2 saturated heterocycles. The molecule has 0 spiro atoms. The summed E-state index contributed by atoms with van der Waals surface area (Å²) in [6.07, 6.45) is 3.36. The van der Waals surface area contributed by atoms with Crippen LogP contribution >= 0.6 is 0 Å². The Hall–Kier alpha value is -0.800. The summed E-state index contributed by atoms with van der Waals surface area (Å²) in [6, 6.07) is 4.21. The molecule has 2 unspecified atom stereocenters. The number of epoxide rings is 1. The molecule has 70 valence electrons. The van der Waals surface area contributed by atoms with Gasteiger partial charge in [0.15, 0.2) is 0 Å². The lowest BCUT2D eigenvalue weighted by Gasteiger charge is -2.18. The van der Waals surface area contributed by atoms with Gasteiger partial charge in [0, 0.05) is 26.3 Å². The van der Waals surface area contributed by atoms with E-state index in [-0.39, 0.29) is 5.60 Å². The van der Waals surface area contributed by atoms with Crippen molar-refractivity contribution in [2.75, 3.05) is 13.2 Å². The summed E-state index contributed by atoms with van der Waals surface area (Å²) in [6.45, 7) is 1.58. The third kappa shape index (κ3) is 0.914. The zero-order valence-electron chi connectivity index (χ0n) is 7.69. The number of hydrogen-bond acceptors (Lipinski definition) is 2. The smallest absolute Gasteiger partial charge is 0.139 e. The van der Waals surface area contributed by atoms with E-state index in [1.165, 1.54) is 5.69 Å². The third-order valence-electron chi connectivity index (χ3n) is 3.08. The Bertz CT molecular complexity index is 333. The number of aryl methyl sites for hydroxylation is 1. The summed E-state index contributed by atoms with van der Waals surface area (Å²) in [5.41, 5.74) is 1.29. The molecule has 3 heterocycles. The minimum Gasteiger partial charge on any atom is -0.378 e. The van der Waals surface area contributed by atoms with E-state index >= 15 is 0 Å². The van der Waals surface area contributed by atoms with E-state index in [2.05, 4.69) is 29.9 Å². The Morgan fingerprint density at radius 1 is 1.62 bits per heavy atom. The Morgan fingerprint density at radius 3 is 3.23 bits per heavy atom. The number of fused-ring (bicyclic) bond motifs is 1. The van der Waals surface area contributed by atoms with E-state index in [4.69, 9.17) is 9.47 Å². The third-order valence-corrected chi connectivity index (χ3v) is 3.08. The summed E-state index contributed by atoms with van der Waals surface area (Å²) < 4.78 is 13.2. The summed E-state index contributed by atoms with van der Waals surface area (Å²) in [5.74, 6) is 0. The maximum absolute atomic E-state index is 5.74. The van der Waals surface area contributed by atoms with Crippen molar-refractivity contribution < 1.29 is 9.47 Å². The van der Waals surface area contributed by atoms with E-state index in [0.29, 0.717) is 6.10 Å². The molecule has 2 aliphatic rings. The minimum absolute atomic E-state index is 0.00347. The fourth-order valence-electron chi connectivity index (χ4n) is 2.28. The Balaban J connectivity index is 1.97. The minimum atomic E-state index is -0.00347. The second kappa shape index (κ2) is 2.36. The maximum atomic E-state index is 5.74. The fourth-order valence-corrected chi connectivity index (χ4v) is 2.28. The molecular weight excluding hydrogens is 166 g/mol. The largest absolute Gasteiger partial charge is 0.378 e. The second-order valence-electron chi connectivity index (χ2n) is 3.83. The van der Waals surface area contributed by atoms with Crippen LogP contribution in [0.25, 0.3) is 0 Å². The number of rotatable bonds is 1. The highest BCUT2D eigenvalue weighted by atomic mass is 16.6. The van der Waals surface area contributed by atoms with Crippen LogP contribution < -0.4 is 0 Å². The molecule has 3 rings (SSSR count). The van der Waals surface area contributed by atoms with E-state index in [0.717, 1.165) is 19.6 Å². The van der Waals surface area contributed by atoms with Gasteiger partial charge in [-0.15, -0.1) is 0 Å². The van der Waals surface area contributed by atoms with E-state index < -0.39 is 0 Å². The van der Waals surface area contributed by atoms with Gasteiger partial charge in [-0.3, -0.25) is 0 Å². The number of hydrogen-bond donors (Lipinski definition) is 0. The highest BCUT2D eigenvalue weighted by Gasteiger charge is 2.60.